The van der Waals surface area contributed by atoms with Crippen molar-refractivity contribution in [1.82, 2.24) is 16.0 Å². The van der Waals surface area contributed by atoms with Crippen molar-refractivity contribution in [2.45, 2.75) is 0 Å². The summed E-state index contributed by atoms with van der Waals surface area (Å²) < 4.78 is 1.14. The minimum atomic E-state index is 1.09. The van der Waals surface area contributed by atoms with Gasteiger partial charge >= 0.3 is 0 Å². The normalized spacial score (nSPS) is 19.5. The van der Waals surface area contributed by atoms with E-state index in [1.165, 1.54) is 5.69 Å². The maximum Gasteiger partial charge on any atom is 0.0367 e. The first-order valence-electron chi connectivity index (χ1n) is 6.99. The monoisotopic (exact) mass is 326 g/mol. The minimum absolute atomic E-state index is 1.09. The number of hydrogen-bond acceptors (Lipinski definition) is 4. The highest BCUT2D eigenvalue weighted by molar-refractivity contribution is 9.10. The summed E-state index contributed by atoms with van der Waals surface area (Å²) in [5.41, 5.74) is 1.32. The van der Waals surface area contributed by atoms with E-state index in [-0.39, 0.29) is 0 Å². The minimum Gasteiger partial charge on any atom is -0.369 e. The number of hydrogen-bond donors (Lipinski definition) is 3. The van der Waals surface area contributed by atoms with E-state index in [0.29, 0.717) is 0 Å². The molecule has 0 unspecified atom stereocenters. The Morgan fingerprint density at radius 3 is 1.68 bits per heavy atom. The van der Waals surface area contributed by atoms with Crippen LogP contribution in [0.2, 0.25) is 0 Å². The number of piperazine rings is 2. The van der Waals surface area contributed by atoms with Crippen LogP contribution in [0.15, 0.2) is 28.7 Å². The van der Waals surface area contributed by atoms with Gasteiger partial charge in [-0.2, -0.15) is 0 Å². The molecule has 1 aromatic rings. The number of nitrogens with one attached hydrogen (secondary N) is 3. The van der Waals surface area contributed by atoms with Crippen LogP contribution in [0.4, 0.5) is 5.69 Å². The van der Waals surface area contributed by atoms with Gasteiger partial charge in [0.25, 0.3) is 0 Å². The van der Waals surface area contributed by atoms with Crippen molar-refractivity contribution < 1.29 is 0 Å². The Balaban J connectivity index is 0.000000186. The lowest BCUT2D eigenvalue weighted by atomic mass is 10.2. The average Bonchev–Trinajstić information content (AvgIpc) is 2.51. The first-order valence-corrected chi connectivity index (χ1v) is 7.78. The van der Waals surface area contributed by atoms with Gasteiger partial charge < -0.3 is 20.9 Å². The summed E-state index contributed by atoms with van der Waals surface area (Å²) >= 11 is 3.44. The van der Waals surface area contributed by atoms with Gasteiger partial charge in [0.1, 0.15) is 0 Å². The fraction of sp³-hybridized carbons (Fsp3) is 0.571. The second kappa shape index (κ2) is 8.53. The van der Waals surface area contributed by atoms with Gasteiger partial charge in [0, 0.05) is 62.5 Å². The third kappa shape index (κ3) is 5.48. The second-order valence-electron chi connectivity index (χ2n) is 4.71. The Morgan fingerprint density at radius 1 is 0.737 bits per heavy atom. The molecular weight excluding hydrogens is 304 g/mol. The SMILES string of the molecule is Brc1ccc(N2CCNCC2)cc1.C1CNCCN1. The number of nitrogens with zero attached hydrogens (tertiary/aromatic N) is 1. The average molecular weight is 327 g/mol. The molecular formula is C14H23BrN4. The summed E-state index contributed by atoms with van der Waals surface area (Å²) in [5.74, 6) is 0. The molecule has 106 valence electrons. The largest absolute Gasteiger partial charge is 0.369 e. The molecule has 2 fully saturated rings. The highest BCUT2D eigenvalue weighted by atomic mass is 79.9. The van der Waals surface area contributed by atoms with E-state index >= 15 is 0 Å². The molecule has 2 saturated heterocycles. The zero-order valence-electron chi connectivity index (χ0n) is 11.3. The van der Waals surface area contributed by atoms with Crippen molar-refractivity contribution in [3.8, 4) is 0 Å². The third-order valence-corrected chi connectivity index (χ3v) is 3.79. The molecule has 3 rings (SSSR count). The highest BCUT2D eigenvalue weighted by Gasteiger charge is 2.09. The number of anilines is 1. The van der Waals surface area contributed by atoms with Crippen LogP contribution >= 0.6 is 15.9 Å². The summed E-state index contributed by atoms with van der Waals surface area (Å²) in [6.07, 6.45) is 0. The van der Waals surface area contributed by atoms with Gasteiger partial charge in [-0.3, -0.25) is 0 Å². The van der Waals surface area contributed by atoms with Crippen LogP contribution in [0.5, 0.6) is 0 Å². The molecule has 0 radical (unpaired) electrons. The summed E-state index contributed by atoms with van der Waals surface area (Å²) in [5, 5.41) is 9.79. The molecule has 0 saturated carbocycles. The Bertz CT molecular complexity index is 333. The van der Waals surface area contributed by atoms with E-state index in [1.807, 2.05) is 0 Å². The van der Waals surface area contributed by atoms with Crippen LogP contribution in [0, 0.1) is 0 Å². The zero-order chi connectivity index (χ0) is 13.3. The Labute approximate surface area is 124 Å². The van der Waals surface area contributed by atoms with Crippen LogP contribution < -0.4 is 20.9 Å². The summed E-state index contributed by atoms with van der Waals surface area (Å²) in [6.45, 7) is 8.97. The van der Waals surface area contributed by atoms with E-state index in [0.717, 1.165) is 56.8 Å². The molecule has 0 bridgehead atoms. The van der Waals surface area contributed by atoms with Gasteiger partial charge in [-0.15, -0.1) is 0 Å². The fourth-order valence-corrected chi connectivity index (χ4v) is 2.44. The molecule has 1 aromatic carbocycles. The van der Waals surface area contributed by atoms with E-state index in [1.54, 1.807) is 0 Å². The van der Waals surface area contributed by atoms with Gasteiger partial charge in [-0.25, -0.2) is 0 Å². The van der Waals surface area contributed by atoms with E-state index < -0.39 is 0 Å². The summed E-state index contributed by atoms with van der Waals surface area (Å²) in [6, 6.07) is 8.51. The van der Waals surface area contributed by atoms with Crippen molar-refractivity contribution in [3.05, 3.63) is 28.7 Å². The lowest BCUT2D eigenvalue weighted by Crippen LogP contribution is -2.43. The Hall–Kier alpha value is -0.620. The van der Waals surface area contributed by atoms with Crippen LogP contribution in [0.1, 0.15) is 0 Å². The lowest BCUT2D eigenvalue weighted by Gasteiger charge is -2.29. The van der Waals surface area contributed by atoms with Crippen molar-refractivity contribution in [3.63, 3.8) is 0 Å². The molecule has 2 aliphatic rings. The summed E-state index contributed by atoms with van der Waals surface area (Å²) in [4.78, 5) is 2.41. The maximum absolute atomic E-state index is 3.44. The Kier molecular flexibility index (Phi) is 6.64. The smallest absolute Gasteiger partial charge is 0.0367 e. The topological polar surface area (TPSA) is 39.3 Å². The van der Waals surface area contributed by atoms with Gasteiger partial charge in [0.15, 0.2) is 0 Å². The quantitative estimate of drug-likeness (QED) is 0.721. The standard InChI is InChI=1S/C10H13BrN2.C4H10N2/c11-9-1-3-10(4-2-9)13-7-5-12-6-8-13;1-2-6-4-3-5-1/h1-4,12H,5-8H2;5-6H,1-4H2. The predicted molar refractivity (Wildman–Crippen MR) is 85.0 cm³/mol. The molecule has 0 amide bonds. The van der Waals surface area contributed by atoms with Gasteiger partial charge in [0.05, 0.1) is 0 Å². The predicted octanol–water partition coefficient (Wildman–Crippen LogP) is 1.04. The first kappa shape index (κ1) is 14.8. The number of rotatable bonds is 1. The van der Waals surface area contributed by atoms with E-state index in [9.17, 15) is 0 Å². The van der Waals surface area contributed by atoms with E-state index in [4.69, 9.17) is 0 Å². The molecule has 0 atom stereocenters. The molecule has 4 nitrogen and oxygen atoms in total. The highest BCUT2D eigenvalue weighted by Crippen LogP contribution is 2.18. The number of halogens is 1. The van der Waals surface area contributed by atoms with Gasteiger partial charge in [0.2, 0.25) is 0 Å². The zero-order valence-corrected chi connectivity index (χ0v) is 12.9. The molecule has 0 aliphatic carbocycles. The van der Waals surface area contributed by atoms with Crippen molar-refractivity contribution in [1.29, 1.82) is 0 Å². The molecule has 2 heterocycles. The molecule has 3 N–H and O–H groups in total. The number of benzene rings is 1. The third-order valence-electron chi connectivity index (χ3n) is 3.27. The van der Waals surface area contributed by atoms with Crippen molar-refractivity contribution in [2.24, 2.45) is 0 Å². The van der Waals surface area contributed by atoms with Crippen molar-refractivity contribution >= 4 is 21.6 Å². The molecule has 19 heavy (non-hydrogen) atoms. The summed E-state index contributed by atoms with van der Waals surface area (Å²) in [7, 11) is 0. The maximum atomic E-state index is 3.44. The van der Waals surface area contributed by atoms with Crippen LogP contribution in [-0.2, 0) is 0 Å². The molecule has 2 aliphatic heterocycles. The van der Waals surface area contributed by atoms with E-state index in [2.05, 4.69) is 61.0 Å². The molecule has 5 heteroatoms. The van der Waals surface area contributed by atoms with Gasteiger partial charge in [-0.1, -0.05) is 15.9 Å². The Morgan fingerprint density at radius 2 is 1.21 bits per heavy atom. The lowest BCUT2D eigenvalue weighted by molar-refractivity contribution is 0.534. The molecule has 0 aromatic heterocycles. The fourth-order valence-electron chi connectivity index (χ4n) is 2.18. The van der Waals surface area contributed by atoms with Crippen LogP contribution in [0.3, 0.4) is 0 Å². The van der Waals surface area contributed by atoms with Gasteiger partial charge in [-0.05, 0) is 24.3 Å². The van der Waals surface area contributed by atoms with Crippen LogP contribution in [0.25, 0.3) is 0 Å². The first-order chi connectivity index (χ1) is 9.36. The molecule has 0 spiro atoms. The van der Waals surface area contributed by atoms with Crippen molar-refractivity contribution in [2.75, 3.05) is 57.3 Å². The second-order valence-corrected chi connectivity index (χ2v) is 5.63. The van der Waals surface area contributed by atoms with Crippen LogP contribution in [-0.4, -0.2) is 52.4 Å².